The Morgan fingerprint density at radius 2 is 2.33 bits per heavy atom. The van der Waals surface area contributed by atoms with E-state index in [0.717, 1.165) is 13.0 Å². The van der Waals surface area contributed by atoms with Crippen molar-refractivity contribution >= 4 is 0 Å². The second kappa shape index (κ2) is 3.59. The predicted molar refractivity (Wildman–Crippen MR) is 48.5 cm³/mol. The summed E-state index contributed by atoms with van der Waals surface area (Å²) >= 11 is 0. The molecule has 0 aromatic heterocycles. The maximum atomic E-state index is 5.55. The first-order chi connectivity index (χ1) is 5.97. The number of ether oxygens (including phenoxy) is 1. The van der Waals surface area contributed by atoms with Gasteiger partial charge in [-0.3, -0.25) is 0 Å². The van der Waals surface area contributed by atoms with E-state index in [0.29, 0.717) is 0 Å². The smallest absolute Gasteiger partial charge is 0.0973 e. The minimum Gasteiger partial charge on any atom is -0.372 e. The lowest BCUT2D eigenvalue weighted by molar-refractivity contribution is 0.133. The summed E-state index contributed by atoms with van der Waals surface area (Å²) in [7, 11) is 0. The average molecular weight is 163 g/mol. The lowest BCUT2D eigenvalue weighted by Crippen LogP contribution is -2.18. The molecule has 1 N–H and O–H groups in total. The first-order valence-corrected chi connectivity index (χ1v) is 4.38. The summed E-state index contributed by atoms with van der Waals surface area (Å²) in [4.78, 5) is 0. The molecule has 12 heavy (non-hydrogen) atoms. The summed E-state index contributed by atoms with van der Waals surface area (Å²) in [6.45, 7) is 0.900. The van der Waals surface area contributed by atoms with Gasteiger partial charge in [0, 0.05) is 18.5 Å². The topological polar surface area (TPSA) is 21.3 Å². The van der Waals surface area contributed by atoms with Gasteiger partial charge in [-0.25, -0.2) is 0 Å². The summed E-state index contributed by atoms with van der Waals surface area (Å²) < 4.78 is 5.55. The Hall–Kier alpha value is -1.02. The van der Waals surface area contributed by atoms with Crippen LogP contribution in [0.3, 0.4) is 0 Å². The van der Waals surface area contributed by atoms with Crippen molar-refractivity contribution < 1.29 is 4.74 Å². The Labute approximate surface area is 72.6 Å². The molecule has 2 aliphatic heterocycles. The molecule has 1 saturated heterocycles. The first kappa shape index (κ1) is 7.62. The highest BCUT2D eigenvalue weighted by Gasteiger charge is 2.18. The molecule has 2 aliphatic rings. The largest absolute Gasteiger partial charge is 0.372 e. The zero-order valence-corrected chi connectivity index (χ0v) is 6.99. The van der Waals surface area contributed by atoms with E-state index >= 15 is 0 Å². The normalized spacial score (nSPS) is 28.0. The second-order valence-corrected chi connectivity index (χ2v) is 3.01. The Kier molecular flexibility index (Phi) is 2.28. The van der Waals surface area contributed by atoms with Crippen LogP contribution in [0, 0.1) is 0 Å². The van der Waals surface area contributed by atoms with Crippen molar-refractivity contribution in [3.05, 3.63) is 36.2 Å². The SMILES string of the molecule is C1=CC=C(C2CCCO2)NC=C1. The van der Waals surface area contributed by atoms with Crippen molar-refractivity contribution in [1.82, 2.24) is 5.32 Å². The summed E-state index contributed by atoms with van der Waals surface area (Å²) in [5, 5.41) is 3.22. The van der Waals surface area contributed by atoms with Gasteiger partial charge >= 0.3 is 0 Å². The van der Waals surface area contributed by atoms with Gasteiger partial charge in [0.15, 0.2) is 0 Å². The van der Waals surface area contributed by atoms with Gasteiger partial charge in [-0.05, 0) is 25.0 Å². The van der Waals surface area contributed by atoms with E-state index in [4.69, 9.17) is 4.74 Å². The number of hydrogen-bond acceptors (Lipinski definition) is 2. The molecule has 2 rings (SSSR count). The van der Waals surface area contributed by atoms with Gasteiger partial charge in [0.2, 0.25) is 0 Å². The minimum atomic E-state index is 0.289. The van der Waals surface area contributed by atoms with E-state index in [1.807, 2.05) is 24.4 Å². The van der Waals surface area contributed by atoms with E-state index in [1.54, 1.807) is 0 Å². The predicted octanol–water partition coefficient (Wildman–Crippen LogP) is 1.72. The molecular weight excluding hydrogens is 150 g/mol. The van der Waals surface area contributed by atoms with Crippen molar-refractivity contribution in [2.75, 3.05) is 6.61 Å². The van der Waals surface area contributed by atoms with Gasteiger partial charge < -0.3 is 10.1 Å². The Morgan fingerprint density at radius 3 is 3.17 bits per heavy atom. The van der Waals surface area contributed by atoms with Crippen LogP contribution in [0.5, 0.6) is 0 Å². The molecule has 0 spiro atoms. The molecule has 2 heterocycles. The lowest BCUT2D eigenvalue weighted by atomic mass is 10.2. The van der Waals surface area contributed by atoms with Gasteiger partial charge in [0.05, 0.1) is 6.10 Å². The number of allylic oxidation sites excluding steroid dienone is 4. The molecular formula is C10H13NO. The van der Waals surface area contributed by atoms with E-state index in [2.05, 4.69) is 11.4 Å². The molecule has 1 fully saturated rings. The molecule has 0 radical (unpaired) electrons. The molecule has 0 aromatic rings. The van der Waals surface area contributed by atoms with Crippen LogP contribution < -0.4 is 5.32 Å². The zero-order chi connectivity index (χ0) is 8.23. The standard InChI is InChI=1S/C10H13NO/c1-2-5-9(11-7-3-1)10-6-4-8-12-10/h1-3,5,7,10-11H,4,6,8H2. The fraction of sp³-hybridized carbons (Fsp3) is 0.400. The van der Waals surface area contributed by atoms with Gasteiger partial charge in [-0.15, -0.1) is 0 Å². The maximum absolute atomic E-state index is 5.55. The van der Waals surface area contributed by atoms with Crippen molar-refractivity contribution in [1.29, 1.82) is 0 Å². The molecule has 1 atom stereocenters. The van der Waals surface area contributed by atoms with E-state index in [-0.39, 0.29) is 6.10 Å². The minimum absolute atomic E-state index is 0.289. The summed E-state index contributed by atoms with van der Waals surface area (Å²) in [5.41, 5.74) is 1.18. The van der Waals surface area contributed by atoms with E-state index in [1.165, 1.54) is 12.1 Å². The number of rotatable bonds is 1. The van der Waals surface area contributed by atoms with Gasteiger partial charge in [-0.2, -0.15) is 0 Å². The highest BCUT2D eigenvalue weighted by molar-refractivity contribution is 5.23. The van der Waals surface area contributed by atoms with Gasteiger partial charge in [0.1, 0.15) is 0 Å². The van der Waals surface area contributed by atoms with Crippen LogP contribution in [-0.4, -0.2) is 12.7 Å². The van der Waals surface area contributed by atoms with Crippen LogP contribution in [0.2, 0.25) is 0 Å². The van der Waals surface area contributed by atoms with Crippen LogP contribution in [0.4, 0.5) is 0 Å². The van der Waals surface area contributed by atoms with Crippen molar-refractivity contribution in [3.8, 4) is 0 Å². The molecule has 1 unspecified atom stereocenters. The van der Waals surface area contributed by atoms with E-state index < -0.39 is 0 Å². The average Bonchev–Trinajstić information content (AvgIpc) is 2.48. The Balaban J connectivity index is 2.06. The third-order valence-corrected chi connectivity index (χ3v) is 2.12. The van der Waals surface area contributed by atoms with E-state index in [9.17, 15) is 0 Å². The molecule has 0 bridgehead atoms. The number of nitrogens with one attached hydrogen (secondary N) is 1. The maximum Gasteiger partial charge on any atom is 0.0973 e. The summed E-state index contributed by atoms with van der Waals surface area (Å²) in [6, 6.07) is 0. The monoisotopic (exact) mass is 163 g/mol. The fourth-order valence-corrected chi connectivity index (χ4v) is 1.49. The third kappa shape index (κ3) is 1.59. The highest BCUT2D eigenvalue weighted by atomic mass is 16.5. The first-order valence-electron chi connectivity index (χ1n) is 4.38. The highest BCUT2D eigenvalue weighted by Crippen LogP contribution is 2.18. The molecule has 0 saturated carbocycles. The second-order valence-electron chi connectivity index (χ2n) is 3.01. The third-order valence-electron chi connectivity index (χ3n) is 2.12. The molecule has 64 valence electrons. The van der Waals surface area contributed by atoms with Gasteiger partial charge in [-0.1, -0.05) is 12.2 Å². The molecule has 0 aliphatic carbocycles. The Bertz CT molecular complexity index is 234. The lowest BCUT2D eigenvalue weighted by Gasteiger charge is -2.12. The molecule has 2 nitrogen and oxygen atoms in total. The van der Waals surface area contributed by atoms with Gasteiger partial charge in [0.25, 0.3) is 0 Å². The van der Waals surface area contributed by atoms with Crippen molar-refractivity contribution in [2.24, 2.45) is 0 Å². The summed E-state index contributed by atoms with van der Waals surface area (Å²) in [6.07, 6.45) is 12.7. The number of hydrogen-bond donors (Lipinski definition) is 1. The Morgan fingerprint density at radius 1 is 1.33 bits per heavy atom. The van der Waals surface area contributed by atoms with Crippen molar-refractivity contribution in [2.45, 2.75) is 18.9 Å². The van der Waals surface area contributed by atoms with Crippen LogP contribution in [0.25, 0.3) is 0 Å². The molecule has 2 heteroatoms. The van der Waals surface area contributed by atoms with Crippen LogP contribution >= 0.6 is 0 Å². The molecule has 0 amide bonds. The van der Waals surface area contributed by atoms with Crippen LogP contribution in [0.15, 0.2) is 36.2 Å². The van der Waals surface area contributed by atoms with Crippen LogP contribution in [0.1, 0.15) is 12.8 Å². The quantitative estimate of drug-likeness (QED) is 0.635. The van der Waals surface area contributed by atoms with Crippen molar-refractivity contribution in [3.63, 3.8) is 0 Å². The molecule has 0 aromatic carbocycles. The van der Waals surface area contributed by atoms with Crippen LogP contribution in [-0.2, 0) is 4.74 Å². The fourth-order valence-electron chi connectivity index (χ4n) is 1.49. The zero-order valence-electron chi connectivity index (χ0n) is 6.99. The summed E-state index contributed by atoms with van der Waals surface area (Å²) in [5.74, 6) is 0.